The summed E-state index contributed by atoms with van der Waals surface area (Å²) in [5.41, 5.74) is 3.04. The second-order valence-electron chi connectivity index (χ2n) is 9.30. The topological polar surface area (TPSA) is 133 Å². The number of hydrogen-bond acceptors (Lipinski definition) is 8. The second-order valence-corrected chi connectivity index (χ2v) is 9.30. The van der Waals surface area contributed by atoms with Gasteiger partial charge in [0.25, 0.3) is 5.91 Å². The highest BCUT2D eigenvalue weighted by Gasteiger charge is 2.34. The molecule has 38 heavy (non-hydrogen) atoms. The Morgan fingerprint density at radius 1 is 1.16 bits per heavy atom. The SMILES string of the molecule is CC(C)N(C)c1cc2c(c(CN(C)C(=O)O)n1)CN(c1cccc(-c3nncn3-c3cccnc3)n1)C2=O. The molecule has 194 valence electrons. The summed E-state index contributed by atoms with van der Waals surface area (Å²) >= 11 is 0. The highest BCUT2D eigenvalue weighted by Crippen LogP contribution is 2.33. The minimum absolute atomic E-state index is 0.0558. The van der Waals surface area contributed by atoms with Crippen molar-refractivity contribution in [2.24, 2.45) is 0 Å². The number of anilines is 2. The predicted octanol–water partition coefficient (Wildman–Crippen LogP) is 3.23. The molecule has 0 bridgehead atoms. The van der Waals surface area contributed by atoms with Crippen molar-refractivity contribution in [1.82, 2.24) is 34.6 Å². The number of amides is 2. The fourth-order valence-corrected chi connectivity index (χ4v) is 4.20. The van der Waals surface area contributed by atoms with Crippen molar-refractivity contribution in [2.45, 2.75) is 33.0 Å². The highest BCUT2D eigenvalue weighted by molar-refractivity contribution is 6.10. The van der Waals surface area contributed by atoms with Gasteiger partial charge in [-0.15, -0.1) is 10.2 Å². The van der Waals surface area contributed by atoms with Gasteiger partial charge in [-0.1, -0.05) is 6.07 Å². The molecule has 0 radical (unpaired) electrons. The molecule has 12 nitrogen and oxygen atoms in total. The van der Waals surface area contributed by atoms with Gasteiger partial charge in [0.15, 0.2) is 5.82 Å². The van der Waals surface area contributed by atoms with Crippen LogP contribution in [0, 0.1) is 0 Å². The summed E-state index contributed by atoms with van der Waals surface area (Å²) in [5, 5.41) is 17.7. The van der Waals surface area contributed by atoms with Crippen molar-refractivity contribution in [2.75, 3.05) is 23.9 Å². The summed E-state index contributed by atoms with van der Waals surface area (Å²) in [6.45, 7) is 4.32. The maximum atomic E-state index is 13.7. The van der Waals surface area contributed by atoms with E-state index in [9.17, 15) is 14.7 Å². The monoisotopic (exact) mass is 513 g/mol. The molecule has 4 aromatic rings. The lowest BCUT2D eigenvalue weighted by molar-refractivity contribution is 0.0996. The first-order valence-electron chi connectivity index (χ1n) is 12.0. The van der Waals surface area contributed by atoms with Crippen LogP contribution in [0.4, 0.5) is 16.4 Å². The molecule has 0 aliphatic carbocycles. The van der Waals surface area contributed by atoms with Crippen molar-refractivity contribution in [1.29, 1.82) is 0 Å². The van der Waals surface area contributed by atoms with Gasteiger partial charge in [0.1, 0.15) is 23.7 Å². The van der Waals surface area contributed by atoms with Gasteiger partial charge in [0.2, 0.25) is 0 Å². The Kier molecular flexibility index (Phi) is 6.45. The zero-order valence-electron chi connectivity index (χ0n) is 21.5. The molecule has 0 fully saturated rings. The fraction of sp³-hybridized carbons (Fsp3) is 0.269. The van der Waals surface area contributed by atoms with E-state index in [4.69, 9.17) is 9.97 Å². The lowest BCUT2D eigenvalue weighted by Crippen LogP contribution is -2.29. The maximum Gasteiger partial charge on any atom is 0.407 e. The molecule has 12 heteroatoms. The van der Waals surface area contributed by atoms with Crippen LogP contribution in [-0.2, 0) is 13.1 Å². The molecule has 5 heterocycles. The van der Waals surface area contributed by atoms with Gasteiger partial charge in [-0.3, -0.25) is 19.2 Å². The van der Waals surface area contributed by atoms with Crippen LogP contribution in [0.1, 0.15) is 35.5 Å². The van der Waals surface area contributed by atoms with E-state index in [1.54, 1.807) is 46.4 Å². The van der Waals surface area contributed by atoms with E-state index < -0.39 is 6.09 Å². The number of carbonyl (C=O) groups is 2. The molecular weight excluding hydrogens is 486 g/mol. The average Bonchev–Trinajstić information content (AvgIpc) is 3.54. The molecule has 1 aliphatic heterocycles. The molecule has 1 N–H and O–H groups in total. The molecule has 0 spiro atoms. The Morgan fingerprint density at radius 3 is 2.68 bits per heavy atom. The van der Waals surface area contributed by atoms with Gasteiger partial charge in [-0.2, -0.15) is 0 Å². The van der Waals surface area contributed by atoms with Crippen LogP contribution in [0.5, 0.6) is 0 Å². The Morgan fingerprint density at radius 2 is 1.97 bits per heavy atom. The van der Waals surface area contributed by atoms with Crippen LogP contribution in [0.25, 0.3) is 17.2 Å². The van der Waals surface area contributed by atoms with Gasteiger partial charge in [-0.25, -0.2) is 14.8 Å². The molecular formula is C26H27N9O3. The number of fused-ring (bicyclic) bond motifs is 1. The number of carbonyl (C=O) groups excluding carboxylic acids is 1. The van der Waals surface area contributed by atoms with Crippen molar-refractivity contribution in [3.05, 3.63) is 71.9 Å². The predicted molar refractivity (Wildman–Crippen MR) is 140 cm³/mol. The number of carboxylic acid groups (broad SMARTS) is 1. The van der Waals surface area contributed by atoms with Crippen molar-refractivity contribution >= 4 is 23.6 Å². The standard InChI is InChI=1S/C26H27N9O3/c1-16(2)33(4)23-11-18-19(21(30-23)14-32(3)26(37)38)13-34(25(18)36)22-9-5-8-20(29-22)24-31-28-15-35(24)17-7-6-10-27-12-17/h5-12,15-16H,13-14H2,1-4H3,(H,37,38). The first kappa shape index (κ1) is 24.8. The fourth-order valence-electron chi connectivity index (χ4n) is 4.20. The third-order valence-corrected chi connectivity index (χ3v) is 6.55. The summed E-state index contributed by atoms with van der Waals surface area (Å²) in [4.78, 5) is 43.5. The van der Waals surface area contributed by atoms with E-state index in [2.05, 4.69) is 15.2 Å². The second kappa shape index (κ2) is 9.88. The molecule has 4 aromatic heterocycles. The third-order valence-electron chi connectivity index (χ3n) is 6.55. The molecule has 0 unspecified atom stereocenters. The zero-order chi connectivity index (χ0) is 27.0. The molecule has 5 rings (SSSR count). The van der Waals surface area contributed by atoms with Crippen LogP contribution in [0.2, 0.25) is 0 Å². The lowest BCUT2D eigenvalue weighted by atomic mass is 10.1. The number of aromatic nitrogens is 6. The molecule has 0 atom stereocenters. The van der Waals surface area contributed by atoms with E-state index in [1.807, 2.05) is 44.0 Å². The Hall–Kier alpha value is -4.87. The summed E-state index contributed by atoms with van der Waals surface area (Å²) in [6.07, 6.45) is 3.90. The van der Waals surface area contributed by atoms with Crippen molar-refractivity contribution < 1.29 is 14.7 Å². The van der Waals surface area contributed by atoms with Crippen LogP contribution in [0.3, 0.4) is 0 Å². The normalized spacial score (nSPS) is 12.7. The Bertz CT molecular complexity index is 1500. The summed E-state index contributed by atoms with van der Waals surface area (Å²) < 4.78 is 1.78. The number of hydrogen-bond donors (Lipinski definition) is 1. The molecule has 0 saturated heterocycles. The van der Waals surface area contributed by atoms with Crippen molar-refractivity contribution in [3.8, 4) is 17.2 Å². The lowest BCUT2D eigenvalue weighted by Gasteiger charge is -2.24. The van der Waals surface area contributed by atoms with E-state index in [0.717, 1.165) is 10.6 Å². The van der Waals surface area contributed by atoms with Crippen LogP contribution < -0.4 is 9.80 Å². The Balaban J connectivity index is 1.53. The molecule has 0 saturated carbocycles. The third kappa shape index (κ3) is 4.51. The van der Waals surface area contributed by atoms with Crippen LogP contribution in [0.15, 0.2) is 55.1 Å². The van der Waals surface area contributed by atoms with Gasteiger partial charge in [-0.05, 0) is 44.2 Å². The van der Waals surface area contributed by atoms with Crippen LogP contribution in [-0.4, -0.2) is 71.9 Å². The minimum Gasteiger partial charge on any atom is -0.465 e. The van der Waals surface area contributed by atoms with Crippen LogP contribution >= 0.6 is 0 Å². The maximum absolute atomic E-state index is 13.7. The van der Waals surface area contributed by atoms with Gasteiger partial charge >= 0.3 is 6.09 Å². The van der Waals surface area contributed by atoms with Gasteiger partial charge in [0.05, 0.1) is 36.2 Å². The van der Waals surface area contributed by atoms with Gasteiger partial charge in [0, 0.05) is 31.9 Å². The van der Waals surface area contributed by atoms with E-state index in [0.29, 0.717) is 40.0 Å². The van der Waals surface area contributed by atoms with E-state index >= 15 is 0 Å². The largest absolute Gasteiger partial charge is 0.465 e. The van der Waals surface area contributed by atoms with E-state index in [1.165, 1.54) is 7.05 Å². The quantitative estimate of drug-likeness (QED) is 0.395. The summed E-state index contributed by atoms with van der Waals surface area (Å²) in [5.74, 6) is 1.34. The van der Waals surface area contributed by atoms with E-state index in [-0.39, 0.29) is 25.0 Å². The number of pyridine rings is 3. The zero-order valence-corrected chi connectivity index (χ0v) is 21.5. The van der Waals surface area contributed by atoms with Crippen molar-refractivity contribution in [3.63, 3.8) is 0 Å². The summed E-state index contributed by atoms with van der Waals surface area (Å²) in [7, 11) is 3.37. The number of nitrogens with zero attached hydrogens (tertiary/aromatic N) is 9. The Labute approximate surface area is 219 Å². The van der Waals surface area contributed by atoms with Gasteiger partial charge < -0.3 is 14.9 Å². The molecule has 2 amide bonds. The first-order valence-corrected chi connectivity index (χ1v) is 12.0. The smallest absolute Gasteiger partial charge is 0.407 e. The highest BCUT2D eigenvalue weighted by atomic mass is 16.4. The number of rotatable bonds is 7. The average molecular weight is 514 g/mol. The minimum atomic E-state index is -1.07. The molecule has 1 aliphatic rings. The first-order chi connectivity index (χ1) is 18.2. The summed E-state index contributed by atoms with van der Waals surface area (Å²) in [6, 6.07) is 11.0. The molecule has 0 aromatic carbocycles.